The molecule has 0 saturated heterocycles. The third-order valence-corrected chi connectivity index (χ3v) is 13.4. The lowest BCUT2D eigenvalue weighted by molar-refractivity contribution is -0.385. The molecule has 0 fully saturated rings. The Labute approximate surface area is 333 Å². The van der Waals surface area contributed by atoms with Crippen molar-refractivity contribution in [1.29, 1.82) is 0 Å². The van der Waals surface area contributed by atoms with Crippen LogP contribution in [0, 0.1) is 10.1 Å². The Morgan fingerprint density at radius 2 is 1.59 bits per heavy atom. The second kappa shape index (κ2) is 16.1. The van der Waals surface area contributed by atoms with Gasteiger partial charge in [0.25, 0.3) is 5.08 Å². The standard InChI is InChI=1S/C35H35N5O15P2S/c1-39(13-11-34(44,56(47,48)49)57(50,51)52)12-2-14-53-29-10-3-20(15-28(29)40(45)46)19-36-38-33(58)37-21-4-7-25-24(16-21)32(43)55-35(25)26-8-5-22(41)17-30(26)54-31-18-23(42)6-9-27(31)35/h3-10,15-19,41-42,44H,2,11-14H2,1H3,(H2,37,38,58)(H2,47,48,49)(H2,50,51,52)/b36-19+. The summed E-state index contributed by atoms with van der Waals surface area (Å²) in [4.78, 5) is 63.2. The van der Waals surface area contributed by atoms with Gasteiger partial charge in [0, 0.05) is 65.7 Å². The number of fused-ring (bicyclic) bond motifs is 6. The maximum Gasteiger partial charge on any atom is 0.369 e. The summed E-state index contributed by atoms with van der Waals surface area (Å²) >= 11 is 5.36. The molecular formula is C35H35N5O15P2S. The Morgan fingerprint density at radius 1 is 0.966 bits per heavy atom. The molecule has 0 aliphatic carbocycles. The van der Waals surface area contributed by atoms with E-state index in [-0.39, 0.29) is 71.2 Å². The number of ether oxygens (including phenoxy) is 3. The van der Waals surface area contributed by atoms with Gasteiger partial charge in [0.1, 0.15) is 23.0 Å². The van der Waals surface area contributed by atoms with Gasteiger partial charge in [-0.2, -0.15) is 5.10 Å². The first-order chi connectivity index (χ1) is 27.2. The molecule has 20 nitrogen and oxygen atoms in total. The van der Waals surface area contributed by atoms with Crippen molar-refractivity contribution < 1.29 is 68.0 Å². The number of nitrogens with one attached hydrogen (secondary N) is 2. The highest BCUT2D eigenvalue weighted by atomic mass is 32.1. The third-order valence-electron chi connectivity index (χ3n) is 9.29. The first-order valence-corrected chi connectivity index (χ1v) is 20.6. The number of hydrogen-bond donors (Lipinski definition) is 9. The van der Waals surface area contributed by atoms with Crippen LogP contribution in [0.3, 0.4) is 0 Å². The number of carbonyl (C=O) groups excluding carboxylic acids is 1. The van der Waals surface area contributed by atoms with Crippen molar-refractivity contribution in [3.63, 3.8) is 0 Å². The Kier molecular flexibility index (Phi) is 11.7. The largest absolute Gasteiger partial charge is 0.508 e. The quantitative estimate of drug-likeness (QED) is 0.0165. The lowest BCUT2D eigenvalue weighted by Gasteiger charge is -2.36. The summed E-state index contributed by atoms with van der Waals surface area (Å²) in [5.41, 5.74) is 3.12. The zero-order valence-electron chi connectivity index (χ0n) is 30.1. The minimum atomic E-state index is -5.58. The van der Waals surface area contributed by atoms with E-state index in [0.717, 1.165) is 0 Å². The number of carbonyl (C=O) groups is 1. The van der Waals surface area contributed by atoms with Crippen molar-refractivity contribution in [1.82, 2.24) is 10.3 Å². The molecule has 4 aromatic carbocycles. The van der Waals surface area contributed by atoms with Crippen molar-refractivity contribution in [3.8, 4) is 28.7 Å². The van der Waals surface area contributed by atoms with E-state index in [1.165, 1.54) is 66.7 Å². The van der Waals surface area contributed by atoms with Gasteiger partial charge in [-0.25, -0.2) is 4.79 Å². The SMILES string of the molecule is CN(CCCOc1ccc(/C=N/NC(=S)Nc2ccc3c(c2)C(=O)OC32c3ccc(O)cc3Oc3cc(O)ccc32)cc1[N+](=O)[O-])CCC(O)(P(=O)(O)O)P(=O)(O)O. The normalized spacial score (nSPS) is 14.4. The molecule has 0 radical (unpaired) electrons. The zero-order valence-corrected chi connectivity index (χ0v) is 32.7. The minimum Gasteiger partial charge on any atom is -0.508 e. The van der Waals surface area contributed by atoms with Crippen LogP contribution in [0.5, 0.6) is 28.7 Å². The number of nitro benzene ring substituents is 1. The summed E-state index contributed by atoms with van der Waals surface area (Å²) in [6.45, 7) is -0.144. The molecule has 4 aromatic rings. The smallest absolute Gasteiger partial charge is 0.369 e. The molecular weight excluding hydrogens is 824 g/mol. The van der Waals surface area contributed by atoms with Gasteiger partial charge in [0.15, 0.2) is 16.5 Å². The molecule has 0 amide bonds. The number of nitrogens with zero attached hydrogens (tertiary/aromatic N) is 3. The number of phenols is 2. The average Bonchev–Trinajstić information content (AvgIpc) is 3.42. The first-order valence-electron chi connectivity index (χ1n) is 17.0. The number of benzene rings is 4. The van der Waals surface area contributed by atoms with E-state index < -0.39 is 43.2 Å². The molecule has 0 unspecified atom stereocenters. The summed E-state index contributed by atoms with van der Waals surface area (Å²) in [7, 11) is -9.68. The molecule has 9 N–H and O–H groups in total. The number of phenolic OH excluding ortho intramolecular Hbond substituents is 2. The highest BCUT2D eigenvalue weighted by Gasteiger charge is 2.59. The number of rotatable bonds is 14. The molecule has 0 atom stereocenters. The summed E-state index contributed by atoms with van der Waals surface area (Å²) < 4.78 is 40.7. The predicted octanol–water partition coefficient (Wildman–Crippen LogP) is 3.99. The van der Waals surface area contributed by atoms with Gasteiger partial charge in [-0.15, -0.1) is 0 Å². The van der Waals surface area contributed by atoms with Crippen LogP contribution in [0.2, 0.25) is 0 Å². The van der Waals surface area contributed by atoms with Gasteiger partial charge in [-0.1, -0.05) is 6.07 Å². The van der Waals surface area contributed by atoms with Crippen molar-refractivity contribution in [2.45, 2.75) is 23.5 Å². The Morgan fingerprint density at radius 3 is 2.19 bits per heavy atom. The molecule has 0 saturated carbocycles. The van der Waals surface area contributed by atoms with E-state index >= 15 is 0 Å². The molecule has 2 heterocycles. The molecule has 0 bridgehead atoms. The van der Waals surface area contributed by atoms with E-state index in [2.05, 4.69) is 15.8 Å². The van der Waals surface area contributed by atoms with Crippen LogP contribution in [0.4, 0.5) is 11.4 Å². The minimum absolute atomic E-state index is 0.0116. The third kappa shape index (κ3) is 8.26. The highest BCUT2D eigenvalue weighted by Crippen LogP contribution is 2.69. The van der Waals surface area contributed by atoms with E-state index in [1.54, 1.807) is 24.3 Å². The number of hydrazone groups is 1. The number of thiocarbonyl (C=S) groups is 1. The van der Waals surface area contributed by atoms with Gasteiger partial charge in [0.05, 0.1) is 23.3 Å². The fourth-order valence-corrected chi connectivity index (χ4v) is 8.73. The Balaban J connectivity index is 1.06. The lowest BCUT2D eigenvalue weighted by Crippen LogP contribution is -2.34. The second-order valence-corrected chi connectivity index (χ2v) is 17.6. The number of esters is 1. The van der Waals surface area contributed by atoms with Gasteiger partial charge < -0.3 is 59.3 Å². The van der Waals surface area contributed by atoms with Crippen molar-refractivity contribution in [2.24, 2.45) is 5.10 Å². The number of anilines is 1. The average molecular weight is 860 g/mol. The molecule has 0 aromatic heterocycles. The zero-order chi connectivity index (χ0) is 42.2. The van der Waals surface area contributed by atoms with Gasteiger partial charge in [-0.3, -0.25) is 24.7 Å². The van der Waals surface area contributed by atoms with Gasteiger partial charge in [-0.05, 0) is 74.2 Å². The monoisotopic (exact) mass is 859 g/mol. The molecule has 2 aliphatic rings. The summed E-state index contributed by atoms with van der Waals surface area (Å²) in [6.07, 6.45) is 0.600. The Hall–Kier alpha value is -5.47. The van der Waals surface area contributed by atoms with Crippen LogP contribution < -0.4 is 20.2 Å². The second-order valence-electron chi connectivity index (χ2n) is 13.2. The molecule has 58 heavy (non-hydrogen) atoms. The first kappa shape index (κ1) is 42.1. The van der Waals surface area contributed by atoms with Crippen LogP contribution in [-0.2, 0) is 19.5 Å². The maximum absolute atomic E-state index is 13.4. The van der Waals surface area contributed by atoms with Crippen LogP contribution in [0.25, 0.3) is 0 Å². The van der Waals surface area contributed by atoms with E-state index in [1.807, 2.05) is 0 Å². The van der Waals surface area contributed by atoms with E-state index in [0.29, 0.717) is 27.9 Å². The van der Waals surface area contributed by atoms with E-state index in [9.17, 15) is 58.9 Å². The molecule has 1 spiro atoms. The Bertz CT molecular complexity index is 2370. The topological polar surface area (TPSA) is 303 Å². The summed E-state index contributed by atoms with van der Waals surface area (Å²) in [5, 5.41) is 45.5. The molecule has 23 heteroatoms. The van der Waals surface area contributed by atoms with Crippen molar-refractivity contribution in [3.05, 3.63) is 111 Å². The van der Waals surface area contributed by atoms with Crippen molar-refractivity contribution in [2.75, 3.05) is 32.1 Å². The lowest BCUT2D eigenvalue weighted by atomic mass is 9.77. The van der Waals surface area contributed by atoms with Gasteiger partial charge in [0.2, 0.25) is 0 Å². The number of nitro groups is 1. The van der Waals surface area contributed by atoms with Crippen LogP contribution in [0.1, 0.15) is 45.5 Å². The van der Waals surface area contributed by atoms with E-state index in [4.69, 9.17) is 26.4 Å². The summed E-state index contributed by atoms with van der Waals surface area (Å²) in [5.74, 6) is -0.384. The fourth-order valence-electron chi connectivity index (χ4n) is 6.42. The highest BCUT2D eigenvalue weighted by molar-refractivity contribution is 7.80. The van der Waals surface area contributed by atoms with Crippen LogP contribution in [-0.4, -0.2) is 93.8 Å². The van der Waals surface area contributed by atoms with Gasteiger partial charge >= 0.3 is 26.8 Å². The predicted molar refractivity (Wildman–Crippen MR) is 209 cm³/mol. The number of hydrogen-bond acceptors (Lipinski definition) is 14. The molecule has 6 rings (SSSR count). The number of aliphatic hydroxyl groups is 1. The molecule has 306 valence electrons. The van der Waals surface area contributed by atoms with Crippen LogP contribution >= 0.6 is 27.4 Å². The number of aromatic hydroxyl groups is 2. The fraction of sp³-hybridized carbons (Fsp3) is 0.229. The molecule has 2 aliphatic heterocycles. The summed E-state index contributed by atoms with van der Waals surface area (Å²) in [6, 6.07) is 17.8. The van der Waals surface area contributed by atoms with Crippen molar-refractivity contribution >= 4 is 56.1 Å². The maximum atomic E-state index is 13.4. The van der Waals surface area contributed by atoms with Crippen LogP contribution in [0.15, 0.2) is 77.9 Å².